The fourth-order valence-corrected chi connectivity index (χ4v) is 9.22. The van der Waals surface area contributed by atoms with Crippen LogP contribution in [0.4, 0.5) is 26.3 Å². The molecule has 2 fully saturated rings. The second-order valence-corrected chi connectivity index (χ2v) is 17.5. The summed E-state index contributed by atoms with van der Waals surface area (Å²) in [6, 6.07) is 9.29. The van der Waals surface area contributed by atoms with Gasteiger partial charge in [-0.05, 0) is 124 Å². The highest BCUT2D eigenvalue weighted by molar-refractivity contribution is 7.10. The van der Waals surface area contributed by atoms with Crippen molar-refractivity contribution < 1.29 is 45.7 Å². The van der Waals surface area contributed by atoms with Crippen LogP contribution < -0.4 is 14.2 Å². The van der Waals surface area contributed by atoms with Crippen molar-refractivity contribution in [1.29, 1.82) is 0 Å². The minimum absolute atomic E-state index is 0.112. The molecule has 0 saturated heterocycles. The molecule has 2 saturated carbocycles. The predicted octanol–water partition coefficient (Wildman–Crippen LogP) is 12.9. The second kappa shape index (κ2) is 23.4. The van der Waals surface area contributed by atoms with Crippen LogP contribution in [0.25, 0.3) is 0 Å². The average molecular weight is 964 g/mol. The monoisotopic (exact) mass is 962 g/mol. The van der Waals surface area contributed by atoms with Gasteiger partial charge in [0.15, 0.2) is 0 Å². The molecule has 0 aliphatic heterocycles. The van der Waals surface area contributed by atoms with E-state index in [1.165, 1.54) is 17.1 Å². The minimum Gasteiger partial charge on any atom is -0.508 e. The van der Waals surface area contributed by atoms with Crippen molar-refractivity contribution in [3.05, 3.63) is 128 Å². The molecule has 65 heavy (non-hydrogen) atoms. The summed E-state index contributed by atoms with van der Waals surface area (Å²) in [5.74, 6) is 1.64. The molecule has 348 valence electrons. The molecule has 4 aromatic heterocycles. The van der Waals surface area contributed by atoms with E-state index in [2.05, 4.69) is 49.1 Å². The number of ether oxygens (including phenoxy) is 3. The van der Waals surface area contributed by atoms with Crippen molar-refractivity contribution >= 4 is 34.3 Å². The van der Waals surface area contributed by atoms with Crippen LogP contribution in [0.2, 0.25) is 0 Å². The van der Waals surface area contributed by atoms with Crippen LogP contribution in [0, 0.1) is 0 Å². The number of hydrogen-bond acceptors (Lipinski definition) is 12. The first kappa shape index (κ1) is 49.4. The number of benzene rings is 2. The molecule has 0 amide bonds. The van der Waals surface area contributed by atoms with Crippen LogP contribution in [0.15, 0.2) is 84.1 Å². The lowest BCUT2D eigenvalue weighted by Gasteiger charge is -2.27. The fraction of sp³-hybridized carbons (Fsp3) is 0.435. The van der Waals surface area contributed by atoms with Gasteiger partial charge in [-0.2, -0.15) is 26.3 Å². The molecule has 1 N–H and O–H groups in total. The number of aromatic hydroxyl groups is 1. The third-order valence-corrected chi connectivity index (χ3v) is 13.2. The van der Waals surface area contributed by atoms with Gasteiger partial charge in [-0.25, -0.2) is 29.9 Å². The molecule has 8 rings (SSSR count). The second-order valence-electron chi connectivity index (χ2n) is 15.5. The van der Waals surface area contributed by atoms with E-state index in [9.17, 15) is 26.3 Å². The Labute approximate surface area is 386 Å². The summed E-state index contributed by atoms with van der Waals surface area (Å²) < 4.78 is 90.9. The van der Waals surface area contributed by atoms with Crippen LogP contribution in [-0.2, 0) is 37.7 Å². The van der Waals surface area contributed by atoms with Gasteiger partial charge in [0.25, 0.3) is 0 Å². The molecular formula is C46H49ClF6N6O4S2. The molecule has 2 aromatic carbocycles. The first-order valence-electron chi connectivity index (χ1n) is 21.2. The van der Waals surface area contributed by atoms with Gasteiger partial charge in [0.05, 0.1) is 38.4 Å². The van der Waals surface area contributed by atoms with E-state index in [0.717, 1.165) is 128 Å². The summed E-state index contributed by atoms with van der Waals surface area (Å²) in [5.41, 5.74) is 2.55. The van der Waals surface area contributed by atoms with Gasteiger partial charge in [-0.3, -0.25) is 0 Å². The molecule has 2 aliphatic rings. The molecule has 6 aromatic rings. The maximum atomic E-state index is 12.6. The number of rotatable bonds is 12. The topological polar surface area (TPSA) is 125 Å². The first-order chi connectivity index (χ1) is 31.2. The fourth-order valence-electron chi connectivity index (χ4n) is 7.02. The summed E-state index contributed by atoms with van der Waals surface area (Å²) in [6.45, 7) is 4.38. The maximum absolute atomic E-state index is 12.6. The van der Waals surface area contributed by atoms with Gasteiger partial charge in [-0.1, -0.05) is 13.8 Å². The molecule has 0 bridgehead atoms. The summed E-state index contributed by atoms with van der Waals surface area (Å²) in [6.07, 6.45) is 8.85. The maximum Gasteiger partial charge on any atom is 0.416 e. The number of hydrogen-bond donors (Lipinski definition) is 1. The minimum atomic E-state index is -4.35. The van der Waals surface area contributed by atoms with E-state index in [-0.39, 0.29) is 24.6 Å². The van der Waals surface area contributed by atoms with E-state index in [0.29, 0.717) is 35.5 Å². The van der Waals surface area contributed by atoms with Crippen molar-refractivity contribution in [2.45, 2.75) is 127 Å². The van der Waals surface area contributed by atoms with Gasteiger partial charge < -0.3 is 19.3 Å². The summed E-state index contributed by atoms with van der Waals surface area (Å²) in [7, 11) is 0. The van der Waals surface area contributed by atoms with Crippen LogP contribution in [0.5, 0.6) is 23.5 Å². The lowest BCUT2D eigenvalue weighted by molar-refractivity contribution is -0.138. The first-order valence-corrected chi connectivity index (χ1v) is 23.5. The summed E-state index contributed by atoms with van der Waals surface area (Å²) in [4.78, 5) is 26.4. The van der Waals surface area contributed by atoms with Crippen LogP contribution in [-0.4, -0.2) is 47.2 Å². The van der Waals surface area contributed by atoms with Crippen molar-refractivity contribution in [1.82, 2.24) is 29.9 Å². The Morgan fingerprint density at radius 3 is 1.38 bits per heavy atom. The SMILES string of the molecule is CCc1cnc(OC2CCC(c3nc(CCl)cs3)CC2)nc1.CCc1cnc(OC2CCC(c3nc(COc4ccc(C(F)(F)F)cc4)cs3)CC2)nc1.Oc1ccc(C(F)(F)F)cc1. The highest BCUT2D eigenvalue weighted by Gasteiger charge is 2.31. The van der Waals surface area contributed by atoms with Crippen LogP contribution in [0.3, 0.4) is 0 Å². The van der Waals surface area contributed by atoms with Crippen LogP contribution in [0.1, 0.15) is 121 Å². The number of thiazole rings is 2. The van der Waals surface area contributed by atoms with Crippen LogP contribution >= 0.6 is 34.3 Å². The molecule has 0 atom stereocenters. The summed E-state index contributed by atoms with van der Waals surface area (Å²) in [5, 5.41) is 15.0. The molecule has 0 spiro atoms. The largest absolute Gasteiger partial charge is 0.508 e. The highest BCUT2D eigenvalue weighted by Crippen LogP contribution is 2.38. The predicted molar refractivity (Wildman–Crippen MR) is 237 cm³/mol. The van der Waals surface area contributed by atoms with Gasteiger partial charge in [0, 0.05) is 47.4 Å². The van der Waals surface area contributed by atoms with E-state index >= 15 is 0 Å². The summed E-state index contributed by atoms with van der Waals surface area (Å²) >= 11 is 9.15. The number of alkyl halides is 7. The van der Waals surface area contributed by atoms with E-state index in [1.54, 1.807) is 35.1 Å². The third kappa shape index (κ3) is 15.2. The molecular weight excluding hydrogens is 914 g/mol. The molecule has 19 heteroatoms. The smallest absolute Gasteiger partial charge is 0.416 e. The van der Waals surface area contributed by atoms with Crippen molar-refractivity contribution in [2.75, 3.05) is 0 Å². The normalized spacial score (nSPS) is 18.7. The van der Waals surface area contributed by atoms with Crippen molar-refractivity contribution in [3.63, 3.8) is 0 Å². The molecule has 2 aliphatic carbocycles. The van der Waals surface area contributed by atoms with Gasteiger partial charge in [0.2, 0.25) is 0 Å². The third-order valence-electron chi connectivity index (χ3n) is 10.8. The Morgan fingerprint density at radius 2 is 1.00 bits per heavy atom. The number of aryl methyl sites for hydroxylation is 2. The van der Waals surface area contributed by atoms with Gasteiger partial charge in [-0.15, -0.1) is 34.3 Å². The number of aromatic nitrogens is 6. The zero-order valence-corrected chi connectivity index (χ0v) is 38.1. The number of nitrogens with zero attached hydrogens (tertiary/aromatic N) is 6. The Balaban J connectivity index is 0.000000182. The van der Waals surface area contributed by atoms with E-state index in [4.69, 9.17) is 30.9 Å². The number of phenols is 1. The lowest BCUT2D eigenvalue weighted by atomic mass is 9.88. The average Bonchev–Trinajstić information content (AvgIpc) is 4.00. The van der Waals surface area contributed by atoms with Gasteiger partial charge >= 0.3 is 24.4 Å². The zero-order chi connectivity index (χ0) is 46.4. The Morgan fingerprint density at radius 1 is 0.600 bits per heavy atom. The number of halogens is 7. The highest BCUT2D eigenvalue weighted by atomic mass is 35.5. The molecule has 4 heterocycles. The van der Waals surface area contributed by atoms with E-state index < -0.39 is 23.5 Å². The molecule has 0 radical (unpaired) electrons. The van der Waals surface area contributed by atoms with Crippen molar-refractivity contribution in [2.24, 2.45) is 0 Å². The number of phenolic OH excluding ortho intramolecular Hbond substituents is 1. The Hall–Kier alpha value is -5.07. The van der Waals surface area contributed by atoms with E-state index in [1.807, 2.05) is 17.8 Å². The Kier molecular flexibility index (Phi) is 17.8. The quantitative estimate of drug-likeness (QED) is 0.0936. The Bertz CT molecular complexity index is 2320. The molecule has 10 nitrogen and oxygen atoms in total. The zero-order valence-electron chi connectivity index (χ0n) is 35.7. The lowest BCUT2D eigenvalue weighted by Crippen LogP contribution is -2.24. The molecule has 0 unspecified atom stereocenters. The standard InChI is InChI=1S/C23H24F3N3O2S.C16H20ClN3OS.C7H5F3O/c1-2-15-11-27-22(28-12-15)31-20-7-3-16(4-8-20)21-29-18(14-32-21)13-30-19-9-5-17(6-10-19)23(24,25)26;1-2-11-8-18-16(19-9-11)21-14-5-3-12(4-6-14)15-20-13(7-17)10-22-15;8-7(9,10)5-1-3-6(11)4-2-5/h5-6,9-12,14,16,20H,2-4,7-8,13H2,1H3;8-10,12,14H,2-7H2,1H3;1-4,11H. The van der Waals surface area contributed by atoms with Crippen molar-refractivity contribution in [3.8, 4) is 23.5 Å². The van der Waals surface area contributed by atoms with Gasteiger partial charge in [0.1, 0.15) is 30.3 Å².